The first-order chi connectivity index (χ1) is 11.3. The fourth-order valence-electron chi connectivity index (χ4n) is 2.71. The van der Waals surface area contributed by atoms with Gasteiger partial charge < -0.3 is 9.84 Å². The van der Waals surface area contributed by atoms with E-state index >= 15 is 0 Å². The normalized spacial score (nSPS) is 12.2. The van der Waals surface area contributed by atoms with Crippen LogP contribution in [0.15, 0.2) is 36.4 Å². The van der Waals surface area contributed by atoms with Crippen molar-refractivity contribution in [1.82, 2.24) is 0 Å². The number of aliphatic carboxylic acids is 1. The van der Waals surface area contributed by atoms with Crippen LogP contribution in [-0.4, -0.2) is 17.2 Å². The van der Waals surface area contributed by atoms with Gasteiger partial charge in [0.2, 0.25) is 0 Å². The standard InChI is InChI=1S/C21H26O3/c1-13(2)18-8-6-17(7-9-18)12-20(21(22)23)24-19-11-14(3)10-15(4)16(19)5/h6-11,13,20H,12H2,1-5H3,(H,22,23). The molecular formula is C21H26O3. The minimum absolute atomic E-state index is 0.347. The lowest BCUT2D eigenvalue weighted by Crippen LogP contribution is -2.29. The van der Waals surface area contributed by atoms with Crippen LogP contribution < -0.4 is 4.74 Å². The molecule has 0 fully saturated rings. The summed E-state index contributed by atoms with van der Waals surface area (Å²) in [5.74, 6) is 0.170. The lowest BCUT2D eigenvalue weighted by Gasteiger charge is -2.19. The second-order valence-electron chi connectivity index (χ2n) is 6.75. The van der Waals surface area contributed by atoms with Crippen LogP contribution in [0.5, 0.6) is 5.75 Å². The van der Waals surface area contributed by atoms with Crippen LogP contribution in [0.3, 0.4) is 0 Å². The quantitative estimate of drug-likeness (QED) is 0.828. The molecular weight excluding hydrogens is 300 g/mol. The van der Waals surface area contributed by atoms with Crippen molar-refractivity contribution in [3.63, 3.8) is 0 Å². The number of hydrogen-bond donors (Lipinski definition) is 1. The van der Waals surface area contributed by atoms with Crippen LogP contribution in [0.4, 0.5) is 0 Å². The Hall–Kier alpha value is -2.29. The lowest BCUT2D eigenvalue weighted by atomic mass is 9.99. The van der Waals surface area contributed by atoms with Gasteiger partial charge in [0.1, 0.15) is 5.75 Å². The highest BCUT2D eigenvalue weighted by molar-refractivity contribution is 5.73. The average Bonchev–Trinajstić information content (AvgIpc) is 2.51. The Bertz CT molecular complexity index is 715. The lowest BCUT2D eigenvalue weighted by molar-refractivity contribution is -0.145. The zero-order valence-corrected chi connectivity index (χ0v) is 15.1. The molecule has 0 amide bonds. The van der Waals surface area contributed by atoms with Crippen molar-refractivity contribution in [1.29, 1.82) is 0 Å². The van der Waals surface area contributed by atoms with Gasteiger partial charge in [-0.2, -0.15) is 0 Å². The van der Waals surface area contributed by atoms with E-state index in [1.807, 2.05) is 39.0 Å². The van der Waals surface area contributed by atoms with Crippen LogP contribution in [0.1, 0.15) is 47.6 Å². The van der Waals surface area contributed by atoms with E-state index in [9.17, 15) is 9.90 Å². The highest BCUT2D eigenvalue weighted by atomic mass is 16.5. The number of carbonyl (C=O) groups is 1. The maximum absolute atomic E-state index is 11.6. The molecule has 1 atom stereocenters. The van der Waals surface area contributed by atoms with Crippen molar-refractivity contribution in [3.8, 4) is 5.75 Å². The van der Waals surface area contributed by atoms with Gasteiger partial charge in [-0.15, -0.1) is 0 Å². The molecule has 0 aliphatic carbocycles. The van der Waals surface area contributed by atoms with E-state index in [1.54, 1.807) is 0 Å². The number of ether oxygens (including phenoxy) is 1. The molecule has 0 saturated heterocycles. The summed E-state index contributed by atoms with van der Waals surface area (Å²) >= 11 is 0. The third kappa shape index (κ3) is 4.38. The molecule has 3 nitrogen and oxygen atoms in total. The van der Waals surface area contributed by atoms with Gasteiger partial charge in [-0.3, -0.25) is 0 Å². The Balaban J connectivity index is 2.20. The molecule has 24 heavy (non-hydrogen) atoms. The van der Waals surface area contributed by atoms with Gasteiger partial charge in [0, 0.05) is 6.42 Å². The molecule has 128 valence electrons. The zero-order chi connectivity index (χ0) is 17.9. The van der Waals surface area contributed by atoms with E-state index in [0.29, 0.717) is 18.1 Å². The fourth-order valence-corrected chi connectivity index (χ4v) is 2.71. The molecule has 0 radical (unpaired) electrons. The van der Waals surface area contributed by atoms with E-state index in [4.69, 9.17) is 4.74 Å². The number of carboxylic acid groups (broad SMARTS) is 1. The maximum Gasteiger partial charge on any atom is 0.345 e. The molecule has 0 saturated carbocycles. The first-order valence-electron chi connectivity index (χ1n) is 8.34. The largest absolute Gasteiger partial charge is 0.478 e. The summed E-state index contributed by atoms with van der Waals surface area (Å²) in [5, 5.41) is 9.54. The summed E-state index contributed by atoms with van der Waals surface area (Å²) in [6.45, 7) is 10.2. The van der Waals surface area contributed by atoms with E-state index in [0.717, 1.165) is 22.3 Å². The van der Waals surface area contributed by atoms with E-state index in [-0.39, 0.29) is 0 Å². The van der Waals surface area contributed by atoms with Crippen LogP contribution in [0.2, 0.25) is 0 Å². The van der Waals surface area contributed by atoms with Gasteiger partial charge in [0.05, 0.1) is 0 Å². The maximum atomic E-state index is 11.6. The van der Waals surface area contributed by atoms with E-state index < -0.39 is 12.1 Å². The Kier molecular flexibility index (Phi) is 5.66. The van der Waals surface area contributed by atoms with Gasteiger partial charge in [0.25, 0.3) is 0 Å². The monoisotopic (exact) mass is 326 g/mol. The highest BCUT2D eigenvalue weighted by Crippen LogP contribution is 2.25. The second-order valence-corrected chi connectivity index (χ2v) is 6.75. The average molecular weight is 326 g/mol. The number of carboxylic acids is 1. The van der Waals surface area contributed by atoms with Crippen molar-refractivity contribution < 1.29 is 14.6 Å². The van der Waals surface area contributed by atoms with Gasteiger partial charge in [-0.25, -0.2) is 4.79 Å². The molecule has 0 spiro atoms. The molecule has 1 N–H and O–H groups in total. The zero-order valence-electron chi connectivity index (χ0n) is 15.1. The Morgan fingerprint density at radius 1 is 1.08 bits per heavy atom. The molecule has 0 bridgehead atoms. The Labute approximate surface area is 144 Å². The van der Waals surface area contributed by atoms with E-state index in [2.05, 4.69) is 32.0 Å². The van der Waals surface area contributed by atoms with Crippen LogP contribution in [-0.2, 0) is 11.2 Å². The van der Waals surface area contributed by atoms with E-state index in [1.165, 1.54) is 5.56 Å². The van der Waals surface area contributed by atoms with Crippen molar-refractivity contribution in [2.75, 3.05) is 0 Å². The third-order valence-electron chi connectivity index (χ3n) is 4.38. The smallest absolute Gasteiger partial charge is 0.345 e. The molecule has 1 unspecified atom stereocenters. The number of hydrogen-bond acceptors (Lipinski definition) is 2. The predicted molar refractivity (Wildman–Crippen MR) is 96.9 cm³/mol. The number of rotatable bonds is 6. The molecule has 2 aromatic carbocycles. The molecule has 0 aliphatic heterocycles. The second kappa shape index (κ2) is 7.52. The minimum atomic E-state index is -0.943. The topological polar surface area (TPSA) is 46.5 Å². The summed E-state index contributed by atoms with van der Waals surface area (Å²) in [6.07, 6.45) is -0.546. The molecule has 0 heterocycles. The molecule has 2 aromatic rings. The highest BCUT2D eigenvalue weighted by Gasteiger charge is 2.21. The van der Waals surface area contributed by atoms with Crippen molar-refractivity contribution in [2.24, 2.45) is 0 Å². The summed E-state index contributed by atoms with van der Waals surface area (Å²) in [7, 11) is 0. The SMILES string of the molecule is Cc1cc(C)c(C)c(OC(Cc2ccc(C(C)C)cc2)C(=O)O)c1. The van der Waals surface area contributed by atoms with Gasteiger partial charge in [-0.05, 0) is 60.6 Å². The van der Waals surface area contributed by atoms with Crippen LogP contribution in [0, 0.1) is 20.8 Å². The summed E-state index contributed by atoms with van der Waals surface area (Å²) in [5.41, 5.74) is 5.38. The molecule has 0 aliphatic rings. The number of benzene rings is 2. The minimum Gasteiger partial charge on any atom is -0.478 e. The van der Waals surface area contributed by atoms with Gasteiger partial charge >= 0.3 is 5.97 Å². The first kappa shape index (κ1) is 18.1. The Morgan fingerprint density at radius 3 is 2.25 bits per heavy atom. The molecule has 2 rings (SSSR count). The summed E-state index contributed by atoms with van der Waals surface area (Å²) in [6, 6.07) is 12.1. The fraction of sp³-hybridized carbons (Fsp3) is 0.381. The Morgan fingerprint density at radius 2 is 1.71 bits per heavy atom. The van der Waals surface area contributed by atoms with Crippen molar-refractivity contribution in [2.45, 2.75) is 53.1 Å². The van der Waals surface area contributed by atoms with Gasteiger partial charge in [0.15, 0.2) is 6.10 Å². The van der Waals surface area contributed by atoms with Crippen LogP contribution in [0.25, 0.3) is 0 Å². The predicted octanol–water partition coefficient (Wildman–Crippen LogP) is 4.81. The first-order valence-corrected chi connectivity index (χ1v) is 8.34. The van der Waals surface area contributed by atoms with Gasteiger partial charge in [-0.1, -0.05) is 44.2 Å². The molecule has 0 aromatic heterocycles. The van der Waals surface area contributed by atoms with Crippen molar-refractivity contribution in [3.05, 3.63) is 64.2 Å². The van der Waals surface area contributed by atoms with Crippen LogP contribution >= 0.6 is 0 Å². The number of aryl methyl sites for hydroxylation is 2. The molecule has 3 heteroatoms. The van der Waals surface area contributed by atoms with Crippen molar-refractivity contribution >= 4 is 5.97 Å². The summed E-state index contributed by atoms with van der Waals surface area (Å²) in [4.78, 5) is 11.6. The summed E-state index contributed by atoms with van der Waals surface area (Å²) < 4.78 is 5.85. The third-order valence-corrected chi connectivity index (χ3v) is 4.38.